The summed E-state index contributed by atoms with van der Waals surface area (Å²) in [5.74, 6) is 0.752. The molecule has 3 aromatic rings. The summed E-state index contributed by atoms with van der Waals surface area (Å²) in [7, 11) is 0. The van der Waals surface area contributed by atoms with Crippen LogP contribution in [0.25, 0.3) is 22.4 Å². The number of nitrogens with zero attached hydrogens (tertiary/aromatic N) is 5. The van der Waals surface area contributed by atoms with E-state index in [0.717, 1.165) is 24.2 Å². The topological polar surface area (TPSA) is 103 Å². The number of H-pyrrole nitrogens is 1. The van der Waals surface area contributed by atoms with E-state index >= 15 is 0 Å². The fraction of sp³-hybridized carbons (Fsp3) is 0.429. The third kappa shape index (κ3) is 5.44. The summed E-state index contributed by atoms with van der Waals surface area (Å²) in [6.07, 6.45) is 5.17. The number of phenols is 1. The van der Waals surface area contributed by atoms with E-state index in [1.807, 2.05) is 12.1 Å². The van der Waals surface area contributed by atoms with E-state index in [-0.39, 0.29) is 36.0 Å². The summed E-state index contributed by atoms with van der Waals surface area (Å²) >= 11 is 0. The maximum absolute atomic E-state index is 10.5. The average Bonchev–Trinajstić information content (AvgIpc) is 3.22. The normalized spacial score (nSPS) is 18.8. The Morgan fingerprint density at radius 3 is 2.42 bits per heavy atom. The number of piperazine rings is 1. The summed E-state index contributed by atoms with van der Waals surface area (Å²) < 4.78 is 0. The lowest BCUT2D eigenvalue weighted by molar-refractivity contribution is 0.227. The van der Waals surface area contributed by atoms with Gasteiger partial charge in [-0.15, -0.1) is 35.0 Å². The number of aromatic nitrogens is 5. The molecule has 31 heavy (non-hydrogen) atoms. The van der Waals surface area contributed by atoms with Crippen LogP contribution in [0.1, 0.15) is 27.7 Å². The zero-order valence-corrected chi connectivity index (χ0v) is 19.7. The third-order valence-electron chi connectivity index (χ3n) is 5.37. The van der Waals surface area contributed by atoms with Crippen LogP contribution >= 0.6 is 24.8 Å². The molecule has 1 aromatic carbocycles. The van der Waals surface area contributed by atoms with Gasteiger partial charge in [-0.3, -0.25) is 5.10 Å². The standard InChI is InChI=1S/C21H27N7O.2ClH/c1-13-11-28(12-19(25-13)21(2,3)4)20-22-10-17(26-27-20)16-6-5-14(7-18(16)29)15-8-23-24-9-15;;/h5-10,13,19,25,29H,11-12H2,1-4H3,(H,23,24);2*1H/t13-,19-;;/m1../s1. The molecule has 0 radical (unpaired) electrons. The van der Waals surface area contributed by atoms with Crippen molar-refractivity contribution in [2.75, 3.05) is 18.0 Å². The molecule has 1 aliphatic heterocycles. The Morgan fingerprint density at radius 1 is 1.06 bits per heavy atom. The fourth-order valence-corrected chi connectivity index (χ4v) is 3.64. The van der Waals surface area contributed by atoms with Crippen LogP contribution < -0.4 is 10.2 Å². The molecule has 0 amide bonds. The Hall–Kier alpha value is -2.42. The molecule has 0 saturated carbocycles. The maximum atomic E-state index is 10.5. The SMILES string of the molecule is C[C@@H]1CN(c2ncc(-c3ccc(-c4cn[nH]c4)cc3O)nn2)C[C@H](C(C)(C)C)N1.Cl.Cl. The molecule has 10 heteroatoms. The molecule has 8 nitrogen and oxygen atoms in total. The third-order valence-corrected chi connectivity index (χ3v) is 5.37. The van der Waals surface area contributed by atoms with Crippen molar-refractivity contribution in [1.82, 2.24) is 30.7 Å². The highest BCUT2D eigenvalue weighted by atomic mass is 35.5. The number of rotatable bonds is 3. The minimum Gasteiger partial charge on any atom is -0.507 e. The molecule has 3 N–H and O–H groups in total. The van der Waals surface area contributed by atoms with Gasteiger partial charge in [0.1, 0.15) is 11.4 Å². The fourth-order valence-electron chi connectivity index (χ4n) is 3.64. The Balaban J connectivity index is 0.00000171. The number of hydrogen-bond acceptors (Lipinski definition) is 7. The molecule has 4 rings (SSSR count). The van der Waals surface area contributed by atoms with Gasteiger partial charge in [-0.05, 0) is 30.0 Å². The smallest absolute Gasteiger partial charge is 0.245 e. The van der Waals surface area contributed by atoms with E-state index in [1.54, 1.807) is 24.7 Å². The monoisotopic (exact) mass is 465 g/mol. The second-order valence-corrected chi connectivity index (χ2v) is 8.75. The van der Waals surface area contributed by atoms with Gasteiger partial charge in [0, 0.05) is 42.5 Å². The Kier molecular flexibility index (Phi) is 7.86. The highest BCUT2D eigenvalue weighted by molar-refractivity contribution is 5.85. The molecule has 0 spiro atoms. The van der Waals surface area contributed by atoms with E-state index in [2.05, 4.69) is 63.3 Å². The van der Waals surface area contributed by atoms with Crippen molar-refractivity contribution >= 4 is 30.8 Å². The molecular formula is C21H29Cl2N7O. The van der Waals surface area contributed by atoms with Crippen molar-refractivity contribution in [3.63, 3.8) is 0 Å². The number of hydrogen-bond donors (Lipinski definition) is 3. The lowest BCUT2D eigenvalue weighted by atomic mass is 9.84. The van der Waals surface area contributed by atoms with Crippen molar-refractivity contribution in [3.8, 4) is 28.1 Å². The summed E-state index contributed by atoms with van der Waals surface area (Å²) in [6, 6.07) is 6.12. The van der Waals surface area contributed by atoms with Crippen LogP contribution in [0.4, 0.5) is 5.95 Å². The Bertz CT molecular complexity index is 974. The quantitative estimate of drug-likeness (QED) is 0.541. The molecule has 1 fully saturated rings. The zero-order valence-electron chi connectivity index (χ0n) is 18.0. The molecule has 0 aliphatic carbocycles. The highest BCUT2D eigenvalue weighted by Crippen LogP contribution is 2.32. The molecule has 1 saturated heterocycles. The summed E-state index contributed by atoms with van der Waals surface area (Å²) in [6.45, 7) is 10.5. The van der Waals surface area contributed by atoms with E-state index < -0.39 is 0 Å². The van der Waals surface area contributed by atoms with Crippen LogP contribution in [0, 0.1) is 5.41 Å². The van der Waals surface area contributed by atoms with Gasteiger partial charge >= 0.3 is 0 Å². The zero-order chi connectivity index (χ0) is 20.6. The Morgan fingerprint density at radius 2 is 1.84 bits per heavy atom. The van der Waals surface area contributed by atoms with Gasteiger partial charge in [-0.1, -0.05) is 26.8 Å². The van der Waals surface area contributed by atoms with Crippen molar-refractivity contribution in [1.29, 1.82) is 0 Å². The van der Waals surface area contributed by atoms with E-state index in [9.17, 15) is 5.11 Å². The van der Waals surface area contributed by atoms with Gasteiger partial charge in [-0.2, -0.15) is 5.10 Å². The Labute approximate surface area is 194 Å². The van der Waals surface area contributed by atoms with Gasteiger partial charge in [0.25, 0.3) is 0 Å². The molecule has 0 bridgehead atoms. The van der Waals surface area contributed by atoms with Crippen LogP contribution in [0.5, 0.6) is 5.75 Å². The molecule has 2 atom stereocenters. The summed E-state index contributed by atoms with van der Waals surface area (Å²) in [5.41, 5.74) is 3.07. The van der Waals surface area contributed by atoms with Crippen LogP contribution in [-0.2, 0) is 0 Å². The predicted octanol–water partition coefficient (Wildman–Crippen LogP) is 3.69. The average molecular weight is 466 g/mol. The van der Waals surface area contributed by atoms with Crippen LogP contribution in [0.2, 0.25) is 0 Å². The highest BCUT2D eigenvalue weighted by Gasteiger charge is 2.33. The van der Waals surface area contributed by atoms with Crippen molar-refractivity contribution in [2.45, 2.75) is 39.8 Å². The van der Waals surface area contributed by atoms with Gasteiger partial charge in [0.15, 0.2) is 0 Å². The maximum Gasteiger partial charge on any atom is 0.245 e. The van der Waals surface area contributed by atoms with Crippen LogP contribution in [-0.4, -0.2) is 55.7 Å². The number of anilines is 1. The van der Waals surface area contributed by atoms with Crippen LogP contribution in [0.3, 0.4) is 0 Å². The van der Waals surface area contributed by atoms with Crippen LogP contribution in [0.15, 0.2) is 36.8 Å². The van der Waals surface area contributed by atoms with Gasteiger partial charge < -0.3 is 15.3 Å². The first kappa shape index (κ1) is 24.8. The first-order valence-corrected chi connectivity index (χ1v) is 9.84. The van der Waals surface area contributed by atoms with E-state index in [0.29, 0.717) is 29.3 Å². The second-order valence-electron chi connectivity index (χ2n) is 8.75. The number of benzene rings is 1. The predicted molar refractivity (Wildman–Crippen MR) is 127 cm³/mol. The summed E-state index contributed by atoms with van der Waals surface area (Å²) in [4.78, 5) is 6.72. The first-order valence-electron chi connectivity index (χ1n) is 9.84. The van der Waals surface area contributed by atoms with Gasteiger partial charge in [-0.25, -0.2) is 4.98 Å². The van der Waals surface area contributed by atoms with Crippen molar-refractivity contribution in [3.05, 3.63) is 36.8 Å². The molecular weight excluding hydrogens is 437 g/mol. The molecule has 168 valence electrons. The lowest BCUT2D eigenvalue weighted by Crippen LogP contribution is -2.60. The van der Waals surface area contributed by atoms with Gasteiger partial charge in [0.05, 0.1) is 12.4 Å². The molecule has 3 heterocycles. The van der Waals surface area contributed by atoms with Gasteiger partial charge in [0.2, 0.25) is 5.95 Å². The number of nitrogens with one attached hydrogen (secondary N) is 2. The summed E-state index contributed by atoms with van der Waals surface area (Å²) in [5, 5.41) is 29.5. The number of aromatic amines is 1. The minimum absolute atomic E-state index is 0. The number of aromatic hydroxyl groups is 1. The first-order chi connectivity index (χ1) is 13.8. The minimum atomic E-state index is 0. The second kappa shape index (κ2) is 9.80. The largest absolute Gasteiger partial charge is 0.507 e. The van der Waals surface area contributed by atoms with Crippen molar-refractivity contribution < 1.29 is 5.11 Å². The number of halogens is 2. The van der Waals surface area contributed by atoms with Crippen molar-refractivity contribution in [2.24, 2.45) is 5.41 Å². The van der Waals surface area contributed by atoms with E-state index in [4.69, 9.17) is 0 Å². The lowest BCUT2D eigenvalue weighted by Gasteiger charge is -2.43. The number of phenolic OH excluding ortho intramolecular Hbond substituents is 1. The molecule has 2 aromatic heterocycles. The van der Waals surface area contributed by atoms with E-state index in [1.165, 1.54) is 0 Å². The molecule has 1 aliphatic rings. The molecule has 0 unspecified atom stereocenters.